The largest absolute Gasteiger partial charge is 0.323 e. The number of aryl methyl sites for hydroxylation is 2. The Kier molecular flexibility index (Phi) is 5.05. The molecular weight excluding hydrogens is 394 g/mol. The SMILES string of the molecule is C=NN(Cc1cscn1)C(=O)c1c(CC)c2sc(Cc3cc[nH]n3)nc2n1C. The van der Waals surface area contributed by atoms with Crippen LogP contribution in [0.2, 0.25) is 0 Å². The Balaban J connectivity index is 1.70. The maximum atomic E-state index is 13.2. The van der Waals surface area contributed by atoms with Gasteiger partial charge in [0.1, 0.15) is 10.7 Å². The van der Waals surface area contributed by atoms with Crippen LogP contribution in [-0.2, 0) is 26.4 Å². The van der Waals surface area contributed by atoms with Gasteiger partial charge in [-0.25, -0.2) is 15.0 Å². The van der Waals surface area contributed by atoms with E-state index in [1.165, 1.54) is 16.3 Å². The van der Waals surface area contributed by atoms with Gasteiger partial charge < -0.3 is 4.57 Å². The molecule has 28 heavy (non-hydrogen) atoms. The molecule has 0 aromatic carbocycles. The van der Waals surface area contributed by atoms with Crippen molar-refractivity contribution in [1.29, 1.82) is 0 Å². The summed E-state index contributed by atoms with van der Waals surface area (Å²) in [5.74, 6) is -0.193. The Hall–Kier alpha value is -2.85. The minimum Gasteiger partial charge on any atom is -0.323 e. The lowest BCUT2D eigenvalue weighted by atomic mass is 10.2. The van der Waals surface area contributed by atoms with Crippen molar-refractivity contribution in [2.24, 2.45) is 12.1 Å². The zero-order valence-electron chi connectivity index (χ0n) is 15.5. The summed E-state index contributed by atoms with van der Waals surface area (Å²) >= 11 is 3.10. The van der Waals surface area contributed by atoms with Crippen LogP contribution in [0.25, 0.3) is 10.3 Å². The summed E-state index contributed by atoms with van der Waals surface area (Å²) in [6, 6.07) is 1.94. The van der Waals surface area contributed by atoms with E-state index in [1.807, 2.05) is 30.0 Å². The van der Waals surface area contributed by atoms with E-state index in [-0.39, 0.29) is 5.91 Å². The minimum atomic E-state index is -0.193. The molecule has 4 heterocycles. The van der Waals surface area contributed by atoms with Gasteiger partial charge in [0.2, 0.25) is 0 Å². The number of hydrogen-bond acceptors (Lipinski definition) is 7. The number of aromatic amines is 1. The third kappa shape index (κ3) is 3.25. The molecule has 0 unspecified atom stereocenters. The highest BCUT2D eigenvalue weighted by atomic mass is 32.1. The predicted molar refractivity (Wildman–Crippen MR) is 111 cm³/mol. The number of carbonyl (C=O) groups excluding carboxylic acids is 1. The lowest BCUT2D eigenvalue weighted by Gasteiger charge is -2.17. The molecule has 0 spiro atoms. The number of thiazole rings is 2. The van der Waals surface area contributed by atoms with E-state index < -0.39 is 0 Å². The van der Waals surface area contributed by atoms with Crippen LogP contribution >= 0.6 is 22.7 Å². The quantitative estimate of drug-likeness (QED) is 0.372. The molecule has 8 nitrogen and oxygen atoms in total. The zero-order valence-corrected chi connectivity index (χ0v) is 17.2. The summed E-state index contributed by atoms with van der Waals surface area (Å²) in [5, 5.41) is 15.2. The minimum absolute atomic E-state index is 0.193. The standard InChI is InChI=1S/C18H19N7OS2/c1-4-13-15(18(26)25(19-2)8-12-9-27-10-20-12)24(3)17-16(13)28-14(22-17)7-11-5-6-21-23-11/h5-6,9-10H,2,4,7-8H2,1,3H3,(H,21,23). The van der Waals surface area contributed by atoms with Gasteiger partial charge in [0.25, 0.3) is 5.91 Å². The van der Waals surface area contributed by atoms with E-state index in [4.69, 9.17) is 4.98 Å². The molecule has 0 radical (unpaired) electrons. The van der Waals surface area contributed by atoms with Gasteiger partial charge in [0.05, 0.1) is 28.1 Å². The maximum absolute atomic E-state index is 13.2. The van der Waals surface area contributed by atoms with Crippen LogP contribution in [0.5, 0.6) is 0 Å². The summed E-state index contributed by atoms with van der Waals surface area (Å²) in [5.41, 5.74) is 5.87. The van der Waals surface area contributed by atoms with E-state index in [0.29, 0.717) is 18.7 Å². The summed E-state index contributed by atoms with van der Waals surface area (Å²) < 4.78 is 2.90. The van der Waals surface area contributed by atoms with Crippen LogP contribution in [0.15, 0.2) is 28.3 Å². The first kappa shape index (κ1) is 18.5. The van der Waals surface area contributed by atoms with Gasteiger partial charge in [-0.15, -0.1) is 22.7 Å². The van der Waals surface area contributed by atoms with Crippen molar-refractivity contribution in [3.63, 3.8) is 0 Å². The van der Waals surface area contributed by atoms with Crippen LogP contribution in [0.1, 0.15) is 39.4 Å². The molecule has 0 saturated heterocycles. The Morgan fingerprint density at radius 1 is 1.43 bits per heavy atom. The first-order valence-corrected chi connectivity index (χ1v) is 10.5. The highest BCUT2D eigenvalue weighted by molar-refractivity contribution is 7.18. The van der Waals surface area contributed by atoms with Crippen LogP contribution < -0.4 is 0 Å². The third-order valence-corrected chi connectivity index (χ3v) is 6.25. The molecule has 0 aliphatic carbocycles. The number of hydrazone groups is 1. The fourth-order valence-electron chi connectivity index (χ4n) is 3.19. The van der Waals surface area contributed by atoms with Crippen molar-refractivity contribution in [3.8, 4) is 0 Å². The van der Waals surface area contributed by atoms with E-state index in [2.05, 4.69) is 27.0 Å². The second-order valence-electron chi connectivity index (χ2n) is 6.23. The van der Waals surface area contributed by atoms with Crippen molar-refractivity contribution in [2.75, 3.05) is 0 Å². The van der Waals surface area contributed by atoms with Crippen molar-refractivity contribution < 1.29 is 4.79 Å². The van der Waals surface area contributed by atoms with Gasteiger partial charge in [-0.3, -0.25) is 9.89 Å². The number of nitrogens with zero attached hydrogens (tertiary/aromatic N) is 6. The highest BCUT2D eigenvalue weighted by Crippen LogP contribution is 2.32. The highest BCUT2D eigenvalue weighted by Gasteiger charge is 2.27. The van der Waals surface area contributed by atoms with E-state index in [9.17, 15) is 4.79 Å². The first-order valence-electron chi connectivity index (χ1n) is 8.73. The molecular formula is C18H19N7OS2. The molecule has 1 amide bonds. The Morgan fingerprint density at radius 3 is 2.93 bits per heavy atom. The second kappa shape index (κ2) is 7.64. The molecule has 0 bridgehead atoms. The van der Waals surface area contributed by atoms with Crippen LogP contribution in [-0.4, -0.2) is 42.4 Å². The fraction of sp³-hybridized carbons (Fsp3) is 0.278. The predicted octanol–water partition coefficient (Wildman–Crippen LogP) is 3.23. The second-order valence-corrected chi connectivity index (χ2v) is 8.03. The molecule has 144 valence electrons. The van der Waals surface area contributed by atoms with Gasteiger partial charge in [-0.1, -0.05) is 6.92 Å². The molecule has 4 aromatic rings. The van der Waals surface area contributed by atoms with Crippen molar-refractivity contribution in [3.05, 3.63) is 50.8 Å². The Labute approximate surface area is 169 Å². The van der Waals surface area contributed by atoms with Gasteiger partial charge in [0, 0.05) is 37.3 Å². The average molecular weight is 414 g/mol. The van der Waals surface area contributed by atoms with Crippen LogP contribution in [0.4, 0.5) is 0 Å². The molecule has 4 rings (SSSR count). The van der Waals surface area contributed by atoms with Crippen molar-refractivity contribution in [2.45, 2.75) is 26.3 Å². The molecule has 0 aliphatic heterocycles. The zero-order chi connectivity index (χ0) is 19.7. The number of fused-ring (bicyclic) bond motifs is 1. The van der Waals surface area contributed by atoms with Crippen molar-refractivity contribution >= 4 is 45.6 Å². The number of hydrogen-bond donors (Lipinski definition) is 1. The molecule has 0 saturated carbocycles. The van der Waals surface area contributed by atoms with Crippen LogP contribution in [0, 0.1) is 0 Å². The smallest absolute Gasteiger partial charge is 0.291 e. The average Bonchev–Trinajstić information content (AvgIpc) is 3.47. The summed E-state index contributed by atoms with van der Waals surface area (Å²) in [4.78, 5) is 22.2. The van der Waals surface area contributed by atoms with Crippen LogP contribution in [0.3, 0.4) is 0 Å². The molecule has 1 N–H and O–H groups in total. The number of nitrogens with one attached hydrogen (secondary N) is 1. The summed E-state index contributed by atoms with van der Waals surface area (Å²) in [6.45, 7) is 5.91. The van der Waals surface area contributed by atoms with E-state index in [1.54, 1.807) is 23.0 Å². The van der Waals surface area contributed by atoms with Gasteiger partial charge in [-0.05, 0) is 12.5 Å². The maximum Gasteiger partial charge on any atom is 0.291 e. The van der Waals surface area contributed by atoms with E-state index >= 15 is 0 Å². The number of rotatable bonds is 7. The normalized spacial score (nSPS) is 11.2. The summed E-state index contributed by atoms with van der Waals surface area (Å²) in [7, 11) is 1.87. The van der Waals surface area contributed by atoms with E-state index in [0.717, 1.165) is 38.7 Å². The molecule has 10 heteroatoms. The molecule has 0 fully saturated rings. The van der Waals surface area contributed by atoms with Gasteiger partial charge in [-0.2, -0.15) is 10.2 Å². The van der Waals surface area contributed by atoms with Gasteiger partial charge in [0.15, 0.2) is 5.65 Å². The summed E-state index contributed by atoms with van der Waals surface area (Å²) in [6.07, 6.45) is 3.19. The Bertz CT molecular complexity index is 1110. The van der Waals surface area contributed by atoms with Crippen molar-refractivity contribution in [1.82, 2.24) is 29.7 Å². The topological polar surface area (TPSA) is 92.1 Å². The Morgan fingerprint density at radius 2 is 2.29 bits per heavy atom. The third-order valence-electron chi connectivity index (χ3n) is 4.51. The number of H-pyrrole nitrogens is 1. The van der Waals surface area contributed by atoms with Gasteiger partial charge >= 0.3 is 0 Å². The first-order chi connectivity index (χ1) is 13.6. The molecule has 0 atom stereocenters. The molecule has 0 aliphatic rings. The molecule has 4 aromatic heterocycles. The lowest BCUT2D eigenvalue weighted by molar-refractivity contribution is 0.0738. The number of amides is 1. The number of carbonyl (C=O) groups is 1. The fourth-order valence-corrected chi connectivity index (χ4v) is 4.97. The lowest BCUT2D eigenvalue weighted by Crippen LogP contribution is -2.28. The number of aromatic nitrogens is 5. The monoisotopic (exact) mass is 413 g/mol.